The van der Waals surface area contributed by atoms with E-state index in [4.69, 9.17) is 0 Å². The molecular formula is C16H12N2. The van der Waals surface area contributed by atoms with Gasteiger partial charge < -0.3 is 9.38 Å². The summed E-state index contributed by atoms with van der Waals surface area (Å²) in [6.07, 6.45) is 6.30. The van der Waals surface area contributed by atoms with Crippen molar-refractivity contribution in [1.29, 1.82) is 0 Å². The van der Waals surface area contributed by atoms with E-state index in [1.165, 1.54) is 27.5 Å². The highest BCUT2D eigenvalue weighted by Crippen LogP contribution is 2.29. The van der Waals surface area contributed by atoms with Crippen LogP contribution < -0.4 is 0 Å². The Balaban J connectivity index is 2.01. The Morgan fingerprint density at radius 2 is 1.83 bits per heavy atom. The summed E-state index contributed by atoms with van der Waals surface area (Å²) >= 11 is 0. The highest BCUT2D eigenvalue weighted by Gasteiger charge is 2.07. The van der Waals surface area contributed by atoms with Gasteiger partial charge in [-0.3, -0.25) is 0 Å². The molecule has 0 saturated carbocycles. The Morgan fingerprint density at radius 1 is 0.944 bits per heavy atom. The molecule has 0 radical (unpaired) electrons. The van der Waals surface area contributed by atoms with Crippen molar-refractivity contribution >= 4 is 16.3 Å². The van der Waals surface area contributed by atoms with E-state index < -0.39 is 0 Å². The molecule has 0 spiro atoms. The molecule has 1 N–H and O–H groups in total. The molecule has 3 heterocycles. The van der Waals surface area contributed by atoms with E-state index in [2.05, 4.69) is 70.4 Å². The van der Waals surface area contributed by atoms with Crippen LogP contribution in [0.1, 0.15) is 0 Å². The highest BCUT2D eigenvalue weighted by molar-refractivity contribution is 5.96. The minimum absolute atomic E-state index is 1.19. The largest absolute Gasteiger partial charge is 0.360 e. The molecule has 1 aromatic carbocycles. The smallest absolute Gasteiger partial charge is 0.0549 e. The fourth-order valence-electron chi connectivity index (χ4n) is 2.51. The Hall–Kier alpha value is -2.48. The van der Waals surface area contributed by atoms with Gasteiger partial charge in [-0.2, -0.15) is 0 Å². The first-order chi connectivity index (χ1) is 8.92. The van der Waals surface area contributed by atoms with Gasteiger partial charge in [0, 0.05) is 35.1 Å². The maximum absolute atomic E-state index is 3.38. The summed E-state index contributed by atoms with van der Waals surface area (Å²) in [4.78, 5) is 3.38. The van der Waals surface area contributed by atoms with Gasteiger partial charge in [0.2, 0.25) is 0 Å². The number of aromatic amines is 1. The summed E-state index contributed by atoms with van der Waals surface area (Å²) in [6, 6.07) is 16.9. The van der Waals surface area contributed by atoms with E-state index in [0.29, 0.717) is 0 Å². The lowest BCUT2D eigenvalue weighted by Crippen LogP contribution is -1.77. The third-order valence-electron chi connectivity index (χ3n) is 3.40. The molecule has 0 saturated heterocycles. The number of nitrogens with one attached hydrogen (secondary N) is 1. The molecular weight excluding hydrogens is 220 g/mol. The number of hydrogen-bond donors (Lipinski definition) is 1. The van der Waals surface area contributed by atoms with Gasteiger partial charge in [0.25, 0.3) is 0 Å². The molecule has 0 amide bonds. The van der Waals surface area contributed by atoms with Crippen LogP contribution in [-0.4, -0.2) is 9.38 Å². The van der Waals surface area contributed by atoms with E-state index in [1.807, 2.05) is 6.07 Å². The predicted molar refractivity (Wildman–Crippen MR) is 74.7 cm³/mol. The van der Waals surface area contributed by atoms with Crippen LogP contribution >= 0.6 is 0 Å². The fourth-order valence-corrected chi connectivity index (χ4v) is 2.51. The lowest BCUT2D eigenvalue weighted by Gasteiger charge is -1.94. The summed E-state index contributed by atoms with van der Waals surface area (Å²) in [5, 5.41) is 2.52. The van der Waals surface area contributed by atoms with Gasteiger partial charge in [0.15, 0.2) is 0 Å². The minimum Gasteiger partial charge on any atom is -0.360 e. The second-order valence-electron chi connectivity index (χ2n) is 4.51. The number of fused-ring (bicyclic) bond motifs is 2. The zero-order chi connectivity index (χ0) is 11.9. The summed E-state index contributed by atoms with van der Waals surface area (Å²) in [5.41, 5.74) is 3.63. The molecule has 2 heteroatoms. The molecule has 2 nitrogen and oxygen atoms in total. The van der Waals surface area contributed by atoms with Crippen LogP contribution in [0.5, 0.6) is 0 Å². The summed E-state index contributed by atoms with van der Waals surface area (Å²) in [5.74, 6) is 0. The topological polar surface area (TPSA) is 20.2 Å². The van der Waals surface area contributed by atoms with Crippen LogP contribution in [0.3, 0.4) is 0 Å². The summed E-state index contributed by atoms with van der Waals surface area (Å²) in [7, 11) is 0. The molecule has 0 aliphatic rings. The van der Waals surface area contributed by atoms with Crippen molar-refractivity contribution in [3.05, 3.63) is 67.1 Å². The van der Waals surface area contributed by atoms with Crippen molar-refractivity contribution in [2.24, 2.45) is 0 Å². The molecule has 0 bridgehead atoms. The van der Waals surface area contributed by atoms with Gasteiger partial charge in [-0.25, -0.2) is 0 Å². The predicted octanol–water partition coefficient (Wildman–Crippen LogP) is 4.09. The number of benzene rings is 1. The number of rotatable bonds is 1. The first-order valence-corrected chi connectivity index (χ1v) is 6.05. The van der Waals surface area contributed by atoms with Crippen molar-refractivity contribution in [2.75, 3.05) is 0 Å². The van der Waals surface area contributed by atoms with E-state index in [0.717, 1.165) is 0 Å². The molecule has 3 aromatic heterocycles. The first kappa shape index (κ1) is 9.54. The average molecular weight is 232 g/mol. The van der Waals surface area contributed by atoms with Gasteiger partial charge in [-0.15, -0.1) is 0 Å². The third-order valence-corrected chi connectivity index (χ3v) is 3.40. The molecule has 18 heavy (non-hydrogen) atoms. The van der Waals surface area contributed by atoms with Crippen LogP contribution in [-0.2, 0) is 0 Å². The number of aromatic nitrogens is 2. The maximum atomic E-state index is 3.38. The van der Waals surface area contributed by atoms with Gasteiger partial charge >= 0.3 is 0 Å². The first-order valence-electron chi connectivity index (χ1n) is 6.05. The molecule has 4 aromatic rings. The van der Waals surface area contributed by atoms with Gasteiger partial charge in [0.1, 0.15) is 0 Å². The second-order valence-corrected chi connectivity index (χ2v) is 4.51. The summed E-state index contributed by atoms with van der Waals surface area (Å²) in [6.45, 7) is 0. The molecule has 0 aliphatic heterocycles. The molecule has 0 atom stereocenters. The number of hydrogen-bond acceptors (Lipinski definition) is 0. The number of H-pyrrole nitrogens is 1. The van der Waals surface area contributed by atoms with Gasteiger partial charge in [-0.05, 0) is 23.6 Å². The Morgan fingerprint density at radius 3 is 2.78 bits per heavy atom. The van der Waals surface area contributed by atoms with Crippen LogP contribution in [0.2, 0.25) is 0 Å². The maximum Gasteiger partial charge on any atom is 0.0549 e. The highest BCUT2D eigenvalue weighted by atomic mass is 14.9. The quantitative estimate of drug-likeness (QED) is 0.510. The zero-order valence-corrected chi connectivity index (χ0v) is 9.80. The Kier molecular flexibility index (Phi) is 1.86. The van der Waals surface area contributed by atoms with Crippen molar-refractivity contribution in [3.63, 3.8) is 0 Å². The standard InChI is InChI=1S/C16H12N2/c1-2-7-15-12(5-1)10-17-16(15)13-9-14-6-3-4-8-18(14)11-13/h1-11,17H. The molecule has 4 rings (SSSR count). The monoisotopic (exact) mass is 232 g/mol. The Bertz CT molecular complexity index is 803. The lowest BCUT2D eigenvalue weighted by atomic mass is 10.1. The van der Waals surface area contributed by atoms with Crippen molar-refractivity contribution < 1.29 is 0 Å². The van der Waals surface area contributed by atoms with E-state index in [-0.39, 0.29) is 0 Å². The van der Waals surface area contributed by atoms with Gasteiger partial charge in [0.05, 0.1) is 5.69 Å². The van der Waals surface area contributed by atoms with Gasteiger partial charge in [-0.1, -0.05) is 30.3 Å². The van der Waals surface area contributed by atoms with Crippen molar-refractivity contribution in [3.8, 4) is 11.3 Å². The minimum atomic E-state index is 1.19. The van der Waals surface area contributed by atoms with Crippen LogP contribution in [0.25, 0.3) is 27.5 Å². The van der Waals surface area contributed by atoms with Crippen molar-refractivity contribution in [1.82, 2.24) is 9.38 Å². The normalized spacial score (nSPS) is 11.3. The fraction of sp³-hybridized carbons (Fsp3) is 0. The Labute approximate surface area is 104 Å². The lowest BCUT2D eigenvalue weighted by molar-refractivity contribution is 1.20. The SMILES string of the molecule is c1ccc2c(-c3cc4ccccn4c3)[nH]cc2c1. The molecule has 0 unspecified atom stereocenters. The van der Waals surface area contributed by atoms with Crippen LogP contribution in [0.15, 0.2) is 67.1 Å². The number of pyridine rings is 1. The molecule has 0 fully saturated rings. The van der Waals surface area contributed by atoms with Crippen LogP contribution in [0.4, 0.5) is 0 Å². The van der Waals surface area contributed by atoms with E-state index >= 15 is 0 Å². The molecule has 86 valence electrons. The second kappa shape index (κ2) is 3.50. The average Bonchev–Trinajstić information content (AvgIpc) is 3.02. The van der Waals surface area contributed by atoms with Crippen LogP contribution in [0, 0.1) is 0 Å². The summed E-state index contributed by atoms with van der Waals surface area (Å²) < 4.78 is 2.14. The zero-order valence-electron chi connectivity index (χ0n) is 9.80. The number of nitrogens with zero attached hydrogens (tertiary/aromatic N) is 1. The van der Waals surface area contributed by atoms with Crippen molar-refractivity contribution in [2.45, 2.75) is 0 Å². The van der Waals surface area contributed by atoms with E-state index in [9.17, 15) is 0 Å². The third kappa shape index (κ3) is 1.29. The molecule has 0 aliphatic carbocycles. The van der Waals surface area contributed by atoms with E-state index in [1.54, 1.807) is 0 Å².